The molecule has 0 spiro atoms. The molecule has 1 N–H and O–H groups in total. The minimum Gasteiger partial charge on any atom is -0.497 e. The summed E-state index contributed by atoms with van der Waals surface area (Å²) in [7, 11) is -1.39. The van der Waals surface area contributed by atoms with Gasteiger partial charge < -0.3 is 10.1 Å². The van der Waals surface area contributed by atoms with Crippen LogP contribution in [0.25, 0.3) is 0 Å². The van der Waals surface area contributed by atoms with Crippen LogP contribution in [0, 0.1) is 0 Å². The molecule has 1 amide bonds. The summed E-state index contributed by atoms with van der Waals surface area (Å²) >= 11 is 0. The van der Waals surface area contributed by atoms with Crippen LogP contribution in [0.2, 0.25) is 0 Å². The average molecular weight is 311 g/mol. The molecule has 1 saturated heterocycles. The lowest BCUT2D eigenvalue weighted by Crippen LogP contribution is -2.47. The van der Waals surface area contributed by atoms with Crippen LogP contribution in [0.15, 0.2) is 24.3 Å². The number of benzene rings is 1. The van der Waals surface area contributed by atoms with E-state index in [4.69, 9.17) is 4.74 Å². The maximum absolute atomic E-state index is 12.0. The number of nitrogens with one attached hydrogen (secondary N) is 1. The van der Waals surface area contributed by atoms with Crippen molar-refractivity contribution in [3.05, 3.63) is 29.8 Å². The zero-order valence-corrected chi connectivity index (χ0v) is 13.2. The summed E-state index contributed by atoms with van der Waals surface area (Å²) in [6.07, 6.45) is 1.46. The van der Waals surface area contributed by atoms with Crippen molar-refractivity contribution in [1.29, 1.82) is 0 Å². The largest absolute Gasteiger partial charge is 0.497 e. The molecule has 0 aromatic heterocycles. The van der Waals surface area contributed by atoms with E-state index >= 15 is 0 Å². The lowest BCUT2D eigenvalue weighted by molar-refractivity contribution is -0.122. The summed E-state index contributed by atoms with van der Waals surface area (Å²) in [5.41, 5.74) is 0.436. The number of rotatable bonds is 5. The number of hydrogen-bond acceptors (Lipinski definition) is 4. The van der Waals surface area contributed by atoms with Crippen molar-refractivity contribution in [2.45, 2.75) is 31.7 Å². The molecular formula is C15H21NO4S. The molecule has 0 aliphatic carbocycles. The van der Waals surface area contributed by atoms with Crippen LogP contribution in [-0.4, -0.2) is 38.5 Å². The minimum atomic E-state index is -3.00. The number of methoxy groups -OCH3 is 1. The molecule has 1 fully saturated rings. The Morgan fingerprint density at radius 3 is 2.52 bits per heavy atom. The zero-order chi connectivity index (χ0) is 15.5. The molecule has 1 aliphatic rings. The molecule has 1 unspecified atom stereocenters. The van der Waals surface area contributed by atoms with Gasteiger partial charge in [-0.3, -0.25) is 4.79 Å². The number of hydrogen-bond donors (Lipinski definition) is 1. The molecule has 1 aromatic rings. The second-order valence-corrected chi connectivity index (χ2v) is 7.98. The van der Waals surface area contributed by atoms with Crippen LogP contribution < -0.4 is 10.1 Å². The van der Waals surface area contributed by atoms with Gasteiger partial charge in [0.15, 0.2) is 9.84 Å². The lowest BCUT2D eigenvalue weighted by Gasteiger charge is -2.23. The molecule has 1 atom stereocenters. The van der Waals surface area contributed by atoms with Crippen LogP contribution in [0.5, 0.6) is 5.75 Å². The fourth-order valence-corrected chi connectivity index (χ4v) is 4.65. The summed E-state index contributed by atoms with van der Waals surface area (Å²) in [6, 6.07) is 7.57. The third kappa shape index (κ3) is 4.46. The van der Waals surface area contributed by atoms with Crippen molar-refractivity contribution in [2.24, 2.45) is 0 Å². The van der Waals surface area contributed by atoms with Gasteiger partial charge >= 0.3 is 0 Å². The van der Waals surface area contributed by atoms with Crippen LogP contribution >= 0.6 is 0 Å². The van der Waals surface area contributed by atoms with Crippen LogP contribution in [0.1, 0.15) is 25.3 Å². The molecule has 21 heavy (non-hydrogen) atoms. The molecule has 1 aromatic carbocycles. The van der Waals surface area contributed by atoms with Crippen LogP contribution in [-0.2, 0) is 21.1 Å². The van der Waals surface area contributed by atoms with Crippen molar-refractivity contribution in [1.82, 2.24) is 5.32 Å². The number of carbonyl (C=O) groups is 1. The monoisotopic (exact) mass is 311 g/mol. The molecule has 116 valence electrons. The van der Waals surface area contributed by atoms with Gasteiger partial charge in [0.1, 0.15) is 5.75 Å². The van der Waals surface area contributed by atoms with Gasteiger partial charge in [-0.05, 0) is 37.5 Å². The predicted molar refractivity (Wildman–Crippen MR) is 81.1 cm³/mol. The van der Waals surface area contributed by atoms with Gasteiger partial charge in [0.05, 0.1) is 24.2 Å². The molecule has 1 heterocycles. The van der Waals surface area contributed by atoms with Crippen LogP contribution in [0.4, 0.5) is 0 Å². The number of amides is 1. The fourth-order valence-electron chi connectivity index (χ4n) is 2.56. The molecule has 1 aliphatic heterocycles. The van der Waals surface area contributed by atoms with E-state index in [2.05, 4.69) is 5.32 Å². The molecule has 2 rings (SSSR count). The van der Waals surface area contributed by atoms with E-state index < -0.39 is 15.4 Å². The van der Waals surface area contributed by atoms with Crippen molar-refractivity contribution in [2.75, 3.05) is 18.6 Å². The van der Waals surface area contributed by atoms with Gasteiger partial charge in [0, 0.05) is 6.42 Å². The van der Waals surface area contributed by atoms with E-state index in [1.165, 1.54) is 0 Å². The SMILES string of the molecule is COc1ccc(CCC(=O)NC2(C)CCS(=O)(=O)C2)cc1. The predicted octanol–water partition coefficient (Wildman–Crippen LogP) is 1.32. The molecule has 6 heteroatoms. The Morgan fingerprint density at radius 2 is 2.00 bits per heavy atom. The first-order valence-corrected chi connectivity index (χ1v) is 8.78. The quantitative estimate of drug-likeness (QED) is 0.890. The maximum Gasteiger partial charge on any atom is 0.220 e. The highest BCUT2D eigenvalue weighted by molar-refractivity contribution is 7.91. The summed E-state index contributed by atoms with van der Waals surface area (Å²) in [6.45, 7) is 1.79. The third-order valence-corrected chi connectivity index (χ3v) is 5.65. The van der Waals surface area contributed by atoms with E-state index in [1.807, 2.05) is 24.3 Å². The third-order valence-electron chi connectivity index (χ3n) is 3.74. The number of sulfone groups is 1. The lowest BCUT2D eigenvalue weighted by atomic mass is 10.0. The minimum absolute atomic E-state index is 0.0360. The van der Waals surface area contributed by atoms with Crippen molar-refractivity contribution >= 4 is 15.7 Å². The molecule has 0 radical (unpaired) electrons. The highest BCUT2D eigenvalue weighted by Crippen LogP contribution is 2.23. The Morgan fingerprint density at radius 1 is 1.33 bits per heavy atom. The highest BCUT2D eigenvalue weighted by Gasteiger charge is 2.39. The van der Waals surface area contributed by atoms with E-state index in [-0.39, 0.29) is 17.4 Å². The van der Waals surface area contributed by atoms with Gasteiger partial charge in [-0.2, -0.15) is 0 Å². The number of carbonyl (C=O) groups excluding carboxylic acids is 1. The summed E-state index contributed by atoms with van der Waals surface area (Å²) in [5, 5.41) is 2.86. The van der Waals surface area contributed by atoms with Gasteiger partial charge in [-0.15, -0.1) is 0 Å². The topological polar surface area (TPSA) is 72.5 Å². The smallest absolute Gasteiger partial charge is 0.220 e. The first kappa shape index (κ1) is 15.8. The van der Waals surface area contributed by atoms with E-state index in [0.717, 1.165) is 11.3 Å². The van der Waals surface area contributed by atoms with Crippen molar-refractivity contribution < 1.29 is 17.9 Å². The van der Waals surface area contributed by atoms with Crippen molar-refractivity contribution in [3.63, 3.8) is 0 Å². The van der Waals surface area contributed by atoms with E-state index in [1.54, 1.807) is 14.0 Å². The highest BCUT2D eigenvalue weighted by atomic mass is 32.2. The number of aryl methyl sites for hydroxylation is 1. The van der Waals surface area contributed by atoms with Gasteiger partial charge in [0.2, 0.25) is 5.91 Å². The van der Waals surface area contributed by atoms with Gasteiger partial charge in [0.25, 0.3) is 0 Å². The summed E-state index contributed by atoms with van der Waals surface area (Å²) in [5.74, 6) is 0.869. The Kier molecular flexibility index (Phi) is 4.56. The van der Waals surface area contributed by atoms with Gasteiger partial charge in [-0.25, -0.2) is 8.42 Å². The molecule has 5 nitrogen and oxygen atoms in total. The Hall–Kier alpha value is -1.56. The van der Waals surface area contributed by atoms with E-state index in [9.17, 15) is 13.2 Å². The van der Waals surface area contributed by atoms with Crippen LogP contribution in [0.3, 0.4) is 0 Å². The fraction of sp³-hybridized carbons (Fsp3) is 0.533. The normalized spacial score (nSPS) is 23.7. The zero-order valence-electron chi connectivity index (χ0n) is 12.4. The molecule has 0 saturated carbocycles. The second-order valence-electron chi connectivity index (χ2n) is 5.80. The Balaban J connectivity index is 1.84. The summed E-state index contributed by atoms with van der Waals surface area (Å²) < 4.78 is 28.1. The van der Waals surface area contributed by atoms with Crippen molar-refractivity contribution in [3.8, 4) is 5.75 Å². The second kappa shape index (κ2) is 6.05. The first-order chi connectivity index (χ1) is 9.82. The Bertz CT molecular complexity index is 609. The molecular weight excluding hydrogens is 290 g/mol. The number of ether oxygens (including phenoxy) is 1. The van der Waals surface area contributed by atoms with Gasteiger partial charge in [-0.1, -0.05) is 12.1 Å². The molecule has 0 bridgehead atoms. The first-order valence-electron chi connectivity index (χ1n) is 6.96. The Labute approximate surface area is 125 Å². The average Bonchev–Trinajstić information content (AvgIpc) is 2.70. The summed E-state index contributed by atoms with van der Waals surface area (Å²) in [4.78, 5) is 12.0. The maximum atomic E-state index is 12.0. The van der Waals surface area contributed by atoms with E-state index in [0.29, 0.717) is 19.3 Å². The standard InChI is InChI=1S/C15H21NO4S/c1-15(9-10-21(18,19)11-15)16-14(17)8-5-12-3-6-13(20-2)7-4-12/h3-4,6-7H,5,8-11H2,1-2H3,(H,16,17).